The lowest BCUT2D eigenvalue weighted by Crippen LogP contribution is -2.22. The van der Waals surface area contributed by atoms with Crippen molar-refractivity contribution in [2.75, 3.05) is 25.1 Å². The summed E-state index contributed by atoms with van der Waals surface area (Å²) in [6.07, 6.45) is -3.30. The van der Waals surface area contributed by atoms with Gasteiger partial charge in [0.25, 0.3) is 5.91 Å². The Balaban J connectivity index is 1.80. The van der Waals surface area contributed by atoms with E-state index in [1.165, 1.54) is 18.3 Å². The van der Waals surface area contributed by atoms with Gasteiger partial charge in [-0.25, -0.2) is 4.98 Å². The number of aromatic nitrogens is 1. The van der Waals surface area contributed by atoms with Gasteiger partial charge >= 0.3 is 6.18 Å². The lowest BCUT2D eigenvalue weighted by atomic mass is 10.2. The molecule has 1 aromatic heterocycles. The molecule has 1 amide bonds. The number of nitrogens with one attached hydrogen (secondary N) is 1. The fourth-order valence-electron chi connectivity index (χ4n) is 2.18. The molecule has 3 rings (SSSR count). The van der Waals surface area contributed by atoms with Crippen molar-refractivity contribution in [2.45, 2.75) is 6.18 Å². The van der Waals surface area contributed by atoms with Crippen molar-refractivity contribution in [1.29, 1.82) is 0 Å². The molecule has 0 fully saturated rings. The van der Waals surface area contributed by atoms with Crippen molar-refractivity contribution in [3.05, 3.63) is 40.5 Å². The van der Waals surface area contributed by atoms with E-state index in [9.17, 15) is 18.0 Å². The Hall–Kier alpha value is -2.49. The molecular weight excluding hydrogens is 421 g/mol. The first-order valence-electron chi connectivity index (χ1n) is 7.38. The van der Waals surface area contributed by atoms with Crippen LogP contribution >= 0.6 is 15.9 Å². The van der Waals surface area contributed by atoms with Crippen molar-refractivity contribution in [1.82, 2.24) is 4.98 Å². The van der Waals surface area contributed by atoms with Gasteiger partial charge < -0.3 is 19.5 Å². The van der Waals surface area contributed by atoms with Gasteiger partial charge in [0, 0.05) is 22.8 Å². The molecule has 1 aliphatic heterocycles. The standard InChI is InChI=1S/C16H12BrF3N2O4/c17-10-6-12-13(25-5-4-24-12)7-11(10)22-14(23)9-2-1-3-21-15(9)26-8-16(18,19)20/h1-3,6-7H,4-5,8H2,(H,22,23). The minimum Gasteiger partial charge on any atom is -0.486 e. The number of rotatable bonds is 4. The van der Waals surface area contributed by atoms with Gasteiger partial charge in [-0.3, -0.25) is 4.79 Å². The molecule has 1 N–H and O–H groups in total. The van der Waals surface area contributed by atoms with Gasteiger partial charge in [-0.1, -0.05) is 0 Å². The number of carbonyl (C=O) groups is 1. The molecule has 0 saturated heterocycles. The minimum absolute atomic E-state index is 0.126. The highest BCUT2D eigenvalue weighted by molar-refractivity contribution is 9.10. The third-order valence-electron chi connectivity index (χ3n) is 3.27. The van der Waals surface area contributed by atoms with Crippen LogP contribution in [0, 0.1) is 0 Å². The van der Waals surface area contributed by atoms with Gasteiger partial charge in [-0.15, -0.1) is 0 Å². The molecule has 0 bridgehead atoms. The molecule has 0 atom stereocenters. The Morgan fingerprint density at radius 2 is 1.96 bits per heavy atom. The van der Waals surface area contributed by atoms with Crippen LogP contribution in [0.15, 0.2) is 34.9 Å². The smallest absolute Gasteiger partial charge is 0.422 e. The average Bonchev–Trinajstić information content (AvgIpc) is 2.60. The number of hydrogen-bond donors (Lipinski definition) is 1. The Bertz CT molecular complexity index is 830. The zero-order chi connectivity index (χ0) is 18.7. The Morgan fingerprint density at radius 3 is 2.65 bits per heavy atom. The van der Waals surface area contributed by atoms with Crippen LogP contribution < -0.4 is 19.5 Å². The van der Waals surface area contributed by atoms with Crippen LogP contribution in [-0.4, -0.2) is 36.9 Å². The van der Waals surface area contributed by atoms with E-state index >= 15 is 0 Å². The van der Waals surface area contributed by atoms with Gasteiger partial charge in [-0.05, 0) is 28.1 Å². The molecule has 1 aromatic carbocycles. The van der Waals surface area contributed by atoms with E-state index in [1.54, 1.807) is 12.1 Å². The molecule has 0 saturated carbocycles. The van der Waals surface area contributed by atoms with Crippen LogP contribution in [0.1, 0.15) is 10.4 Å². The van der Waals surface area contributed by atoms with Crippen LogP contribution in [0.2, 0.25) is 0 Å². The van der Waals surface area contributed by atoms with E-state index in [4.69, 9.17) is 9.47 Å². The summed E-state index contributed by atoms with van der Waals surface area (Å²) in [5.74, 6) is -0.102. The van der Waals surface area contributed by atoms with E-state index in [1.807, 2.05) is 0 Å². The van der Waals surface area contributed by atoms with E-state index < -0.39 is 24.6 Å². The largest absolute Gasteiger partial charge is 0.486 e. The molecule has 0 spiro atoms. The van der Waals surface area contributed by atoms with Crippen LogP contribution in [0.3, 0.4) is 0 Å². The molecule has 26 heavy (non-hydrogen) atoms. The highest BCUT2D eigenvalue weighted by Crippen LogP contribution is 2.38. The third kappa shape index (κ3) is 4.37. The number of hydrogen-bond acceptors (Lipinski definition) is 5. The van der Waals surface area contributed by atoms with Gasteiger partial charge in [0.2, 0.25) is 5.88 Å². The van der Waals surface area contributed by atoms with E-state index in [-0.39, 0.29) is 5.56 Å². The Labute approximate surface area is 154 Å². The molecule has 10 heteroatoms. The van der Waals surface area contributed by atoms with Gasteiger partial charge in [0.1, 0.15) is 18.8 Å². The number of ether oxygens (including phenoxy) is 3. The predicted molar refractivity (Wildman–Crippen MR) is 88.9 cm³/mol. The monoisotopic (exact) mass is 432 g/mol. The summed E-state index contributed by atoms with van der Waals surface area (Å²) in [4.78, 5) is 16.2. The zero-order valence-corrected chi connectivity index (χ0v) is 14.7. The number of amides is 1. The van der Waals surface area contributed by atoms with Crippen LogP contribution in [0.25, 0.3) is 0 Å². The number of nitrogens with zero attached hydrogens (tertiary/aromatic N) is 1. The van der Waals surface area contributed by atoms with Crippen LogP contribution in [0.4, 0.5) is 18.9 Å². The lowest BCUT2D eigenvalue weighted by Gasteiger charge is -2.20. The van der Waals surface area contributed by atoms with Crippen molar-refractivity contribution < 1.29 is 32.2 Å². The van der Waals surface area contributed by atoms with Gasteiger partial charge in [0.05, 0.1) is 5.69 Å². The first kappa shape index (κ1) is 18.3. The van der Waals surface area contributed by atoms with Crippen molar-refractivity contribution in [2.24, 2.45) is 0 Å². The quantitative estimate of drug-likeness (QED) is 0.795. The Morgan fingerprint density at radius 1 is 1.27 bits per heavy atom. The molecule has 0 radical (unpaired) electrons. The molecular formula is C16H12BrF3N2O4. The number of fused-ring (bicyclic) bond motifs is 1. The van der Waals surface area contributed by atoms with Crippen LogP contribution in [-0.2, 0) is 0 Å². The molecule has 0 unspecified atom stereocenters. The molecule has 138 valence electrons. The second-order valence-electron chi connectivity index (χ2n) is 5.19. The summed E-state index contributed by atoms with van der Waals surface area (Å²) >= 11 is 3.31. The first-order chi connectivity index (χ1) is 12.3. The van der Waals surface area contributed by atoms with Crippen molar-refractivity contribution in [3.8, 4) is 17.4 Å². The first-order valence-corrected chi connectivity index (χ1v) is 8.18. The maximum atomic E-state index is 12.5. The highest BCUT2D eigenvalue weighted by Gasteiger charge is 2.29. The van der Waals surface area contributed by atoms with E-state index in [0.717, 1.165) is 0 Å². The Kier molecular flexibility index (Phi) is 5.21. The van der Waals surface area contributed by atoms with Gasteiger partial charge in [-0.2, -0.15) is 13.2 Å². The number of alkyl halides is 3. The summed E-state index contributed by atoms with van der Waals surface area (Å²) in [5, 5.41) is 2.59. The highest BCUT2D eigenvalue weighted by atomic mass is 79.9. The summed E-state index contributed by atoms with van der Waals surface area (Å²) in [6, 6.07) is 5.94. The summed E-state index contributed by atoms with van der Waals surface area (Å²) < 4.78 is 53.1. The fourth-order valence-corrected chi connectivity index (χ4v) is 2.60. The molecule has 1 aliphatic rings. The maximum Gasteiger partial charge on any atom is 0.422 e. The van der Waals surface area contributed by atoms with E-state index in [0.29, 0.717) is 34.9 Å². The normalized spacial score (nSPS) is 13.2. The third-order valence-corrected chi connectivity index (χ3v) is 3.92. The minimum atomic E-state index is -4.54. The number of anilines is 1. The lowest BCUT2D eigenvalue weighted by molar-refractivity contribution is -0.154. The summed E-state index contributed by atoms with van der Waals surface area (Å²) in [5.41, 5.74) is 0.239. The fraction of sp³-hybridized carbons (Fsp3) is 0.250. The molecule has 2 aromatic rings. The molecule has 0 aliphatic carbocycles. The summed E-state index contributed by atoms with van der Waals surface area (Å²) in [6.45, 7) is -0.751. The molecule has 6 nitrogen and oxygen atoms in total. The topological polar surface area (TPSA) is 69.7 Å². The van der Waals surface area contributed by atoms with E-state index in [2.05, 4.69) is 31.0 Å². The SMILES string of the molecule is O=C(Nc1cc2c(cc1Br)OCCO2)c1cccnc1OCC(F)(F)F. The van der Waals surface area contributed by atoms with Crippen LogP contribution in [0.5, 0.6) is 17.4 Å². The number of pyridine rings is 1. The van der Waals surface area contributed by atoms with Crippen molar-refractivity contribution >= 4 is 27.5 Å². The average molecular weight is 433 g/mol. The number of benzene rings is 1. The maximum absolute atomic E-state index is 12.5. The number of halogens is 4. The second-order valence-corrected chi connectivity index (χ2v) is 6.04. The molecule has 2 heterocycles. The van der Waals surface area contributed by atoms with Crippen molar-refractivity contribution in [3.63, 3.8) is 0 Å². The summed E-state index contributed by atoms with van der Waals surface area (Å²) in [7, 11) is 0. The predicted octanol–water partition coefficient (Wildman–Crippen LogP) is 3.81. The number of carbonyl (C=O) groups excluding carboxylic acids is 1. The van der Waals surface area contributed by atoms with Gasteiger partial charge in [0.15, 0.2) is 18.1 Å². The second kappa shape index (κ2) is 7.40. The zero-order valence-electron chi connectivity index (χ0n) is 13.1.